The Balaban J connectivity index is 2.38. The number of amides is 1. The van der Waals surface area contributed by atoms with Crippen LogP contribution in [0.15, 0.2) is 11.6 Å². The molecule has 0 radical (unpaired) electrons. The minimum atomic E-state index is -0.437. The number of allylic oxidation sites excluding steroid dienone is 2. The maximum absolute atomic E-state index is 11.7. The molecule has 4 heteroatoms. The monoisotopic (exact) mass is 268 g/mol. The van der Waals surface area contributed by atoms with Crippen molar-refractivity contribution in [1.29, 1.82) is 0 Å². The molecule has 0 bridgehead atoms. The lowest BCUT2D eigenvalue weighted by Gasteiger charge is -2.31. The topological polar surface area (TPSA) is 50.4 Å². The minimum Gasteiger partial charge on any atom is -0.444 e. The molecule has 1 rings (SSSR count). The fourth-order valence-corrected chi connectivity index (χ4v) is 2.20. The summed E-state index contributed by atoms with van der Waals surface area (Å²) in [5.41, 5.74) is 0.912. The summed E-state index contributed by atoms with van der Waals surface area (Å²) in [6.07, 6.45) is 4.03. The fourth-order valence-electron chi connectivity index (χ4n) is 2.20. The largest absolute Gasteiger partial charge is 0.444 e. The van der Waals surface area contributed by atoms with Crippen LogP contribution in [0, 0.1) is 5.92 Å². The molecule has 4 nitrogen and oxygen atoms in total. The normalized spacial score (nSPS) is 23.6. The molecule has 0 aromatic carbocycles. The van der Waals surface area contributed by atoms with Crippen LogP contribution in [0.4, 0.5) is 4.79 Å². The molecule has 2 N–H and O–H groups in total. The second-order valence-electron chi connectivity index (χ2n) is 6.62. The SMILES string of the molecule is CC(C)=CC[C@@H]1CNC[C@@H](NC(=O)OC(C)(C)C)C1. The highest BCUT2D eigenvalue weighted by Gasteiger charge is 2.24. The van der Waals surface area contributed by atoms with E-state index in [9.17, 15) is 4.79 Å². The van der Waals surface area contributed by atoms with E-state index in [0.717, 1.165) is 25.9 Å². The third-order valence-corrected chi connectivity index (χ3v) is 3.02. The van der Waals surface area contributed by atoms with E-state index in [2.05, 4.69) is 30.6 Å². The molecule has 1 aliphatic rings. The number of alkyl carbamates (subject to hydrolysis) is 1. The zero-order valence-electron chi connectivity index (χ0n) is 12.9. The first-order valence-electron chi connectivity index (χ1n) is 7.10. The molecule has 0 saturated carbocycles. The van der Waals surface area contributed by atoms with Gasteiger partial charge in [0.05, 0.1) is 0 Å². The summed E-state index contributed by atoms with van der Waals surface area (Å²) in [5.74, 6) is 0.587. The summed E-state index contributed by atoms with van der Waals surface area (Å²) >= 11 is 0. The molecule has 1 heterocycles. The summed E-state index contributed by atoms with van der Waals surface area (Å²) in [6, 6.07) is 0.166. The Kier molecular flexibility index (Phi) is 5.85. The van der Waals surface area contributed by atoms with Crippen LogP contribution in [0.25, 0.3) is 0 Å². The standard InChI is InChI=1S/C15H28N2O2/c1-11(2)6-7-12-8-13(10-16-9-12)17-14(18)19-15(3,4)5/h6,12-13,16H,7-10H2,1-5H3,(H,17,18)/t12-,13-/m0/s1. The van der Waals surface area contributed by atoms with Crippen molar-refractivity contribution in [1.82, 2.24) is 10.6 Å². The number of hydrogen-bond acceptors (Lipinski definition) is 3. The van der Waals surface area contributed by atoms with Gasteiger partial charge in [-0.05, 0) is 59.9 Å². The van der Waals surface area contributed by atoms with Crippen molar-refractivity contribution in [3.05, 3.63) is 11.6 Å². The van der Waals surface area contributed by atoms with Gasteiger partial charge < -0.3 is 15.4 Å². The summed E-state index contributed by atoms with van der Waals surface area (Å²) in [5, 5.41) is 6.33. The number of piperidine rings is 1. The van der Waals surface area contributed by atoms with Gasteiger partial charge in [-0.2, -0.15) is 0 Å². The number of rotatable bonds is 3. The van der Waals surface area contributed by atoms with E-state index in [-0.39, 0.29) is 12.1 Å². The molecule has 2 atom stereocenters. The zero-order chi connectivity index (χ0) is 14.5. The first-order valence-corrected chi connectivity index (χ1v) is 7.10. The molecule has 110 valence electrons. The van der Waals surface area contributed by atoms with Crippen molar-refractivity contribution >= 4 is 6.09 Å². The van der Waals surface area contributed by atoms with Gasteiger partial charge in [-0.25, -0.2) is 4.79 Å². The van der Waals surface area contributed by atoms with Crippen molar-refractivity contribution in [2.24, 2.45) is 5.92 Å². The van der Waals surface area contributed by atoms with Gasteiger partial charge in [-0.3, -0.25) is 0 Å². The molecule has 1 saturated heterocycles. The lowest BCUT2D eigenvalue weighted by Crippen LogP contribution is -2.49. The number of carbonyl (C=O) groups is 1. The summed E-state index contributed by atoms with van der Waals surface area (Å²) in [7, 11) is 0. The number of ether oxygens (including phenoxy) is 1. The smallest absolute Gasteiger partial charge is 0.407 e. The van der Waals surface area contributed by atoms with E-state index in [1.54, 1.807) is 0 Å². The van der Waals surface area contributed by atoms with Gasteiger partial charge in [0.2, 0.25) is 0 Å². The van der Waals surface area contributed by atoms with Gasteiger partial charge in [0.25, 0.3) is 0 Å². The third kappa shape index (κ3) is 7.21. The van der Waals surface area contributed by atoms with E-state index in [0.29, 0.717) is 5.92 Å². The Morgan fingerprint density at radius 2 is 2.05 bits per heavy atom. The average molecular weight is 268 g/mol. The Bertz CT molecular complexity index is 328. The van der Waals surface area contributed by atoms with E-state index < -0.39 is 5.60 Å². The average Bonchev–Trinajstić information content (AvgIpc) is 2.24. The van der Waals surface area contributed by atoms with E-state index in [1.165, 1.54) is 5.57 Å². The zero-order valence-corrected chi connectivity index (χ0v) is 12.9. The number of carbonyl (C=O) groups excluding carboxylic acids is 1. The van der Waals surface area contributed by atoms with Crippen LogP contribution in [0.3, 0.4) is 0 Å². The highest BCUT2D eigenvalue weighted by Crippen LogP contribution is 2.17. The molecule has 0 unspecified atom stereocenters. The first kappa shape index (κ1) is 16.0. The van der Waals surface area contributed by atoms with Crippen LogP contribution >= 0.6 is 0 Å². The Hall–Kier alpha value is -1.03. The first-order chi connectivity index (χ1) is 8.76. The summed E-state index contributed by atoms with van der Waals surface area (Å²) in [4.78, 5) is 11.7. The Labute approximate surface area is 117 Å². The molecule has 1 fully saturated rings. The van der Waals surface area contributed by atoms with Crippen molar-refractivity contribution in [2.45, 2.75) is 59.1 Å². The van der Waals surface area contributed by atoms with E-state index >= 15 is 0 Å². The van der Waals surface area contributed by atoms with Gasteiger partial charge in [0, 0.05) is 12.6 Å². The van der Waals surface area contributed by atoms with Crippen LogP contribution in [0.5, 0.6) is 0 Å². The molecule has 1 amide bonds. The molecule has 0 aromatic rings. The quantitative estimate of drug-likeness (QED) is 0.774. The van der Waals surface area contributed by atoms with Gasteiger partial charge in [-0.15, -0.1) is 0 Å². The van der Waals surface area contributed by atoms with Crippen molar-refractivity contribution in [3.8, 4) is 0 Å². The molecular formula is C15H28N2O2. The highest BCUT2D eigenvalue weighted by molar-refractivity contribution is 5.68. The fraction of sp³-hybridized carbons (Fsp3) is 0.800. The van der Waals surface area contributed by atoms with E-state index in [1.807, 2.05) is 20.8 Å². The molecule has 0 aliphatic carbocycles. The predicted molar refractivity (Wildman–Crippen MR) is 78.2 cm³/mol. The maximum Gasteiger partial charge on any atom is 0.407 e. The van der Waals surface area contributed by atoms with Crippen molar-refractivity contribution < 1.29 is 9.53 Å². The van der Waals surface area contributed by atoms with Crippen LogP contribution in [-0.4, -0.2) is 30.8 Å². The third-order valence-electron chi connectivity index (χ3n) is 3.02. The summed E-state index contributed by atoms with van der Waals surface area (Å²) in [6.45, 7) is 11.7. The highest BCUT2D eigenvalue weighted by atomic mass is 16.6. The second kappa shape index (κ2) is 6.94. The van der Waals surface area contributed by atoms with Crippen LogP contribution in [0.2, 0.25) is 0 Å². The molecular weight excluding hydrogens is 240 g/mol. The van der Waals surface area contributed by atoms with Crippen LogP contribution < -0.4 is 10.6 Å². The maximum atomic E-state index is 11.7. The van der Waals surface area contributed by atoms with E-state index in [4.69, 9.17) is 4.74 Å². The van der Waals surface area contributed by atoms with Gasteiger partial charge >= 0.3 is 6.09 Å². The number of hydrogen-bond donors (Lipinski definition) is 2. The molecule has 1 aliphatic heterocycles. The molecule has 0 spiro atoms. The molecule has 0 aromatic heterocycles. The van der Waals surface area contributed by atoms with Gasteiger partial charge in [0.15, 0.2) is 0 Å². The second-order valence-corrected chi connectivity index (χ2v) is 6.62. The Morgan fingerprint density at radius 1 is 1.37 bits per heavy atom. The van der Waals surface area contributed by atoms with Crippen molar-refractivity contribution in [2.75, 3.05) is 13.1 Å². The van der Waals surface area contributed by atoms with Crippen LogP contribution in [0.1, 0.15) is 47.5 Å². The minimum absolute atomic E-state index is 0.166. The van der Waals surface area contributed by atoms with Crippen LogP contribution in [-0.2, 0) is 4.74 Å². The van der Waals surface area contributed by atoms with Gasteiger partial charge in [0.1, 0.15) is 5.60 Å². The summed E-state index contributed by atoms with van der Waals surface area (Å²) < 4.78 is 5.28. The number of nitrogens with one attached hydrogen (secondary N) is 2. The Morgan fingerprint density at radius 3 is 2.63 bits per heavy atom. The van der Waals surface area contributed by atoms with Gasteiger partial charge in [-0.1, -0.05) is 11.6 Å². The molecule has 19 heavy (non-hydrogen) atoms. The predicted octanol–water partition coefficient (Wildman–Crippen LogP) is 2.85. The van der Waals surface area contributed by atoms with Crippen molar-refractivity contribution in [3.63, 3.8) is 0 Å². The lowest BCUT2D eigenvalue weighted by atomic mass is 9.92. The lowest BCUT2D eigenvalue weighted by molar-refractivity contribution is 0.0490.